The smallest absolute Gasteiger partial charge is 0.233 e. The maximum Gasteiger partial charge on any atom is 0.233 e. The molecule has 1 atom stereocenters. The van der Waals surface area contributed by atoms with Crippen molar-refractivity contribution >= 4 is 30.1 Å². The van der Waals surface area contributed by atoms with Crippen LogP contribution in [0.1, 0.15) is 6.92 Å². The van der Waals surface area contributed by atoms with Crippen molar-refractivity contribution in [2.24, 2.45) is 0 Å². The molecule has 1 aliphatic rings. The fourth-order valence-corrected chi connectivity index (χ4v) is 2.75. The van der Waals surface area contributed by atoms with Crippen molar-refractivity contribution in [2.75, 3.05) is 25.4 Å². The zero-order valence-corrected chi connectivity index (χ0v) is 12.4. The number of benzene rings is 1. The summed E-state index contributed by atoms with van der Waals surface area (Å²) in [5.74, 6) is 0.315. The molecule has 1 amide bonds. The molecule has 2 rings (SSSR count). The van der Waals surface area contributed by atoms with Gasteiger partial charge >= 0.3 is 0 Å². The highest BCUT2D eigenvalue weighted by atomic mass is 35.5. The summed E-state index contributed by atoms with van der Waals surface area (Å²) in [5, 5.41) is 3.26. The van der Waals surface area contributed by atoms with E-state index in [4.69, 9.17) is 0 Å². The molecule has 0 aliphatic carbocycles. The summed E-state index contributed by atoms with van der Waals surface area (Å²) in [5.41, 5.74) is 0. The largest absolute Gasteiger partial charge is 0.337 e. The Morgan fingerprint density at radius 2 is 2.16 bits per heavy atom. The van der Waals surface area contributed by atoms with Crippen LogP contribution in [0.15, 0.2) is 29.2 Å². The van der Waals surface area contributed by atoms with Crippen LogP contribution in [0.4, 0.5) is 4.39 Å². The topological polar surface area (TPSA) is 32.3 Å². The first-order valence-electron chi connectivity index (χ1n) is 6.05. The predicted molar refractivity (Wildman–Crippen MR) is 78.4 cm³/mol. The minimum Gasteiger partial charge on any atom is -0.337 e. The highest BCUT2D eigenvalue weighted by Gasteiger charge is 2.22. The van der Waals surface area contributed by atoms with Crippen LogP contribution in [-0.4, -0.2) is 42.2 Å². The lowest BCUT2D eigenvalue weighted by molar-refractivity contribution is -0.131. The number of hydrogen-bond acceptors (Lipinski definition) is 3. The summed E-state index contributed by atoms with van der Waals surface area (Å²) in [4.78, 5) is 14.9. The van der Waals surface area contributed by atoms with Gasteiger partial charge in [-0.1, -0.05) is 0 Å². The Balaban J connectivity index is 0.00000180. The number of rotatable bonds is 3. The molecule has 3 nitrogen and oxygen atoms in total. The molecule has 0 saturated carbocycles. The number of nitrogens with zero attached hydrogens (tertiary/aromatic N) is 1. The molecule has 0 bridgehead atoms. The molecule has 0 spiro atoms. The van der Waals surface area contributed by atoms with E-state index in [1.165, 1.54) is 23.9 Å². The molecular formula is C13H18ClFN2OS. The molecule has 1 aromatic carbocycles. The van der Waals surface area contributed by atoms with Gasteiger partial charge in [-0.05, 0) is 31.2 Å². The predicted octanol–water partition coefficient (Wildman–Crippen LogP) is 2.16. The maximum absolute atomic E-state index is 12.7. The third kappa shape index (κ3) is 4.67. The lowest BCUT2D eigenvalue weighted by Gasteiger charge is -2.33. The number of carbonyl (C=O) groups is 1. The van der Waals surface area contributed by atoms with Gasteiger partial charge in [0.2, 0.25) is 5.91 Å². The molecule has 19 heavy (non-hydrogen) atoms. The van der Waals surface area contributed by atoms with Gasteiger partial charge in [-0.15, -0.1) is 24.2 Å². The average Bonchev–Trinajstić information content (AvgIpc) is 2.38. The second-order valence-electron chi connectivity index (χ2n) is 4.38. The Kier molecular flexibility index (Phi) is 6.62. The van der Waals surface area contributed by atoms with Crippen LogP contribution >= 0.6 is 24.2 Å². The first kappa shape index (κ1) is 16.3. The van der Waals surface area contributed by atoms with Crippen molar-refractivity contribution in [2.45, 2.75) is 17.9 Å². The van der Waals surface area contributed by atoms with Crippen LogP contribution in [0.5, 0.6) is 0 Å². The van der Waals surface area contributed by atoms with Crippen molar-refractivity contribution in [3.8, 4) is 0 Å². The van der Waals surface area contributed by atoms with E-state index in [0.717, 1.165) is 24.5 Å². The highest BCUT2D eigenvalue weighted by molar-refractivity contribution is 8.00. The van der Waals surface area contributed by atoms with E-state index in [1.807, 2.05) is 11.8 Å². The standard InChI is InChI=1S/C13H17FN2OS.ClH/c1-10-8-15-6-7-16(10)13(17)9-18-12-4-2-11(14)3-5-12;/h2-5,10,15H,6-9H2,1H3;1H/t10-;/m1./s1. The van der Waals surface area contributed by atoms with Gasteiger partial charge in [0.1, 0.15) is 5.82 Å². The molecule has 106 valence electrons. The summed E-state index contributed by atoms with van der Waals surface area (Å²) >= 11 is 1.45. The van der Waals surface area contributed by atoms with Crippen LogP contribution in [0.3, 0.4) is 0 Å². The monoisotopic (exact) mass is 304 g/mol. The summed E-state index contributed by atoms with van der Waals surface area (Å²) in [6, 6.07) is 6.49. The van der Waals surface area contributed by atoms with Crippen LogP contribution in [-0.2, 0) is 4.79 Å². The second-order valence-corrected chi connectivity index (χ2v) is 5.43. The van der Waals surface area contributed by atoms with E-state index in [0.29, 0.717) is 5.75 Å². The molecular weight excluding hydrogens is 287 g/mol. The number of thioether (sulfide) groups is 1. The zero-order chi connectivity index (χ0) is 13.0. The third-order valence-corrected chi connectivity index (χ3v) is 3.99. The van der Waals surface area contributed by atoms with Gasteiger partial charge < -0.3 is 10.2 Å². The van der Waals surface area contributed by atoms with Crippen molar-refractivity contribution < 1.29 is 9.18 Å². The fraction of sp³-hybridized carbons (Fsp3) is 0.462. The van der Waals surface area contributed by atoms with Crippen molar-refractivity contribution in [3.05, 3.63) is 30.1 Å². The molecule has 1 saturated heterocycles. The number of hydrogen-bond donors (Lipinski definition) is 1. The van der Waals surface area contributed by atoms with Gasteiger partial charge in [0.05, 0.1) is 5.75 Å². The van der Waals surface area contributed by atoms with E-state index in [-0.39, 0.29) is 30.2 Å². The van der Waals surface area contributed by atoms with Gasteiger partial charge in [0.25, 0.3) is 0 Å². The number of halogens is 2. The lowest BCUT2D eigenvalue weighted by atomic mass is 10.2. The van der Waals surface area contributed by atoms with Crippen molar-refractivity contribution in [3.63, 3.8) is 0 Å². The summed E-state index contributed by atoms with van der Waals surface area (Å²) in [6.07, 6.45) is 0. The van der Waals surface area contributed by atoms with E-state index in [9.17, 15) is 9.18 Å². The van der Waals surface area contributed by atoms with Crippen LogP contribution in [0.25, 0.3) is 0 Å². The van der Waals surface area contributed by atoms with Crippen LogP contribution in [0, 0.1) is 5.82 Å². The molecule has 1 aromatic rings. The fourth-order valence-electron chi connectivity index (χ4n) is 1.97. The van der Waals surface area contributed by atoms with Crippen molar-refractivity contribution in [1.29, 1.82) is 0 Å². The van der Waals surface area contributed by atoms with Gasteiger partial charge in [0.15, 0.2) is 0 Å². The van der Waals surface area contributed by atoms with Crippen LogP contribution in [0.2, 0.25) is 0 Å². The van der Waals surface area contributed by atoms with Gasteiger partial charge in [-0.3, -0.25) is 4.79 Å². The van der Waals surface area contributed by atoms with E-state index < -0.39 is 0 Å². The molecule has 1 aliphatic heterocycles. The Morgan fingerprint density at radius 1 is 1.47 bits per heavy atom. The van der Waals surface area contributed by atoms with E-state index in [2.05, 4.69) is 5.32 Å². The Hall–Kier alpha value is -0.780. The molecule has 0 radical (unpaired) electrons. The molecule has 0 aromatic heterocycles. The molecule has 1 heterocycles. The van der Waals surface area contributed by atoms with E-state index >= 15 is 0 Å². The SMILES string of the molecule is C[C@@H]1CNCCN1C(=O)CSc1ccc(F)cc1.Cl. The molecule has 1 fully saturated rings. The third-order valence-electron chi connectivity index (χ3n) is 3.00. The number of nitrogens with one attached hydrogen (secondary N) is 1. The number of carbonyl (C=O) groups excluding carboxylic acids is 1. The first-order valence-corrected chi connectivity index (χ1v) is 7.04. The van der Waals surface area contributed by atoms with E-state index in [1.54, 1.807) is 12.1 Å². The van der Waals surface area contributed by atoms with Gasteiger partial charge in [0, 0.05) is 30.6 Å². The van der Waals surface area contributed by atoms with Crippen molar-refractivity contribution in [1.82, 2.24) is 10.2 Å². The molecule has 6 heteroatoms. The van der Waals surface area contributed by atoms with Crippen LogP contribution < -0.4 is 5.32 Å². The Labute approximate surface area is 123 Å². The second kappa shape index (κ2) is 7.72. The van der Waals surface area contributed by atoms with Gasteiger partial charge in [-0.2, -0.15) is 0 Å². The summed E-state index contributed by atoms with van der Waals surface area (Å²) in [7, 11) is 0. The molecule has 1 N–H and O–H groups in total. The number of piperazine rings is 1. The Morgan fingerprint density at radius 3 is 2.79 bits per heavy atom. The highest BCUT2D eigenvalue weighted by Crippen LogP contribution is 2.19. The first-order chi connectivity index (χ1) is 8.66. The minimum atomic E-state index is -0.249. The average molecular weight is 305 g/mol. The lowest BCUT2D eigenvalue weighted by Crippen LogP contribution is -2.52. The van der Waals surface area contributed by atoms with Gasteiger partial charge in [-0.25, -0.2) is 4.39 Å². The minimum absolute atomic E-state index is 0. The maximum atomic E-state index is 12.7. The zero-order valence-electron chi connectivity index (χ0n) is 10.8. The normalized spacial score (nSPS) is 18.8. The summed E-state index contributed by atoms with van der Waals surface area (Å²) < 4.78 is 12.7. The quantitative estimate of drug-likeness (QED) is 0.869. The Bertz CT molecular complexity index is 416. The molecule has 0 unspecified atom stereocenters. The summed E-state index contributed by atoms with van der Waals surface area (Å²) in [6.45, 7) is 4.53. The number of amides is 1.